The number of rotatable bonds is 3. The predicted octanol–water partition coefficient (Wildman–Crippen LogP) is 2.82. The standard InChI is InChI=1S/C16H23N3/c1-11(2)16-8-13-7-12(3-4-15(13)18-16)9-19-6-5-14(17)10-19/h3-4,7-8,11,14,18H,5-6,9-10,17H2,1-2H3. The summed E-state index contributed by atoms with van der Waals surface area (Å²) in [7, 11) is 0. The molecule has 0 amide bonds. The van der Waals surface area contributed by atoms with E-state index >= 15 is 0 Å². The van der Waals surface area contributed by atoms with Crippen molar-refractivity contribution < 1.29 is 0 Å². The normalized spacial score (nSPS) is 20.7. The van der Waals surface area contributed by atoms with E-state index in [0.717, 1.165) is 26.1 Å². The fraction of sp³-hybridized carbons (Fsp3) is 0.500. The topological polar surface area (TPSA) is 45.0 Å². The maximum atomic E-state index is 5.96. The largest absolute Gasteiger partial charge is 0.358 e. The van der Waals surface area contributed by atoms with Crippen LogP contribution in [0.5, 0.6) is 0 Å². The van der Waals surface area contributed by atoms with Gasteiger partial charge in [0.2, 0.25) is 0 Å². The maximum Gasteiger partial charge on any atom is 0.0456 e. The molecule has 102 valence electrons. The van der Waals surface area contributed by atoms with E-state index in [9.17, 15) is 0 Å². The summed E-state index contributed by atoms with van der Waals surface area (Å²) in [6.45, 7) is 7.62. The van der Waals surface area contributed by atoms with Crippen LogP contribution in [0.15, 0.2) is 24.3 Å². The number of aromatic nitrogens is 1. The van der Waals surface area contributed by atoms with Gasteiger partial charge in [-0.15, -0.1) is 0 Å². The Kier molecular flexibility index (Phi) is 3.33. The SMILES string of the molecule is CC(C)c1cc2cc(CN3CCC(N)C3)ccc2[nH]1. The summed E-state index contributed by atoms with van der Waals surface area (Å²) in [6.07, 6.45) is 1.13. The number of aromatic amines is 1. The monoisotopic (exact) mass is 257 g/mol. The highest BCUT2D eigenvalue weighted by atomic mass is 15.2. The van der Waals surface area contributed by atoms with Gasteiger partial charge in [-0.05, 0) is 41.5 Å². The van der Waals surface area contributed by atoms with Crippen LogP contribution in [0.25, 0.3) is 10.9 Å². The first-order valence-electron chi connectivity index (χ1n) is 7.21. The molecule has 2 aromatic rings. The summed E-state index contributed by atoms with van der Waals surface area (Å²) >= 11 is 0. The van der Waals surface area contributed by atoms with E-state index in [2.05, 4.69) is 48.0 Å². The molecule has 1 unspecified atom stereocenters. The molecule has 0 spiro atoms. The summed E-state index contributed by atoms with van der Waals surface area (Å²) in [4.78, 5) is 5.94. The molecule has 1 aromatic carbocycles. The van der Waals surface area contributed by atoms with Gasteiger partial charge in [0.05, 0.1) is 0 Å². The van der Waals surface area contributed by atoms with Crippen molar-refractivity contribution in [2.75, 3.05) is 13.1 Å². The van der Waals surface area contributed by atoms with Crippen molar-refractivity contribution in [2.24, 2.45) is 5.73 Å². The number of nitrogens with two attached hydrogens (primary N) is 1. The number of nitrogens with zero attached hydrogens (tertiary/aromatic N) is 1. The number of nitrogens with one attached hydrogen (secondary N) is 1. The molecule has 1 saturated heterocycles. The molecule has 3 heteroatoms. The second-order valence-electron chi connectivity index (χ2n) is 6.08. The Bertz CT molecular complexity index is 570. The Labute approximate surface area is 114 Å². The van der Waals surface area contributed by atoms with Crippen molar-refractivity contribution in [3.8, 4) is 0 Å². The number of benzene rings is 1. The zero-order valence-electron chi connectivity index (χ0n) is 11.8. The number of hydrogen-bond acceptors (Lipinski definition) is 2. The minimum Gasteiger partial charge on any atom is -0.358 e. The van der Waals surface area contributed by atoms with Crippen molar-refractivity contribution in [1.29, 1.82) is 0 Å². The molecule has 1 aromatic heterocycles. The van der Waals surface area contributed by atoms with Crippen LogP contribution in [0.3, 0.4) is 0 Å². The highest BCUT2D eigenvalue weighted by molar-refractivity contribution is 5.81. The molecule has 0 aliphatic carbocycles. The van der Waals surface area contributed by atoms with E-state index in [4.69, 9.17) is 5.73 Å². The molecule has 0 saturated carbocycles. The Hall–Kier alpha value is -1.32. The fourth-order valence-electron chi connectivity index (χ4n) is 2.88. The molecule has 2 heterocycles. The van der Waals surface area contributed by atoms with Crippen LogP contribution in [0.2, 0.25) is 0 Å². The van der Waals surface area contributed by atoms with E-state index in [1.54, 1.807) is 0 Å². The molecule has 1 fully saturated rings. The molecule has 0 radical (unpaired) electrons. The van der Waals surface area contributed by atoms with Crippen LogP contribution in [0.1, 0.15) is 37.4 Å². The molecule has 3 N–H and O–H groups in total. The molecule has 1 atom stereocenters. The van der Waals surface area contributed by atoms with Gasteiger partial charge in [-0.25, -0.2) is 0 Å². The van der Waals surface area contributed by atoms with Gasteiger partial charge in [0, 0.05) is 36.9 Å². The molecular weight excluding hydrogens is 234 g/mol. The summed E-state index contributed by atoms with van der Waals surface area (Å²) in [5.74, 6) is 0.549. The third kappa shape index (κ3) is 2.67. The molecule has 1 aliphatic rings. The smallest absolute Gasteiger partial charge is 0.0456 e. The maximum absolute atomic E-state index is 5.96. The fourth-order valence-corrected chi connectivity index (χ4v) is 2.88. The van der Waals surface area contributed by atoms with Crippen LogP contribution in [0, 0.1) is 0 Å². The first-order chi connectivity index (χ1) is 9.11. The molecule has 0 bridgehead atoms. The average molecular weight is 257 g/mol. The predicted molar refractivity (Wildman–Crippen MR) is 80.3 cm³/mol. The first-order valence-corrected chi connectivity index (χ1v) is 7.21. The minimum atomic E-state index is 0.364. The Morgan fingerprint density at radius 2 is 2.21 bits per heavy atom. The summed E-state index contributed by atoms with van der Waals surface area (Å²) in [5.41, 5.74) is 9.90. The number of H-pyrrole nitrogens is 1. The number of likely N-dealkylation sites (tertiary alicyclic amines) is 1. The van der Waals surface area contributed by atoms with E-state index < -0.39 is 0 Å². The third-order valence-corrected chi connectivity index (χ3v) is 4.04. The van der Waals surface area contributed by atoms with Crippen LogP contribution < -0.4 is 5.73 Å². The molecule has 3 nitrogen and oxygen atoms in total. The van der Waals surface area contributed by atoms with E-state index in [1.807, 2.05) is 0 Å². The van der Waals surface area contributed by atoms with Crippen LogP contribution in [-0.2, 0) is 6.54 Å². The summed E-state index contributed by atoms with van der Waals surface area (Å²) in [6, 6.07) is 9.38. The molecular formula is C16H23N3. The zero-order chi connectivity index (χ0) is 13.4. The van der Waals surface area contributed by atoms with Gasteiger partial charge in [0.25, 0.3) is 0 Å². The van der Waals surface area contributed by atoms with Gasteiger partial charge in [-0.1, -0.05) is 19.9 Å². The van der Waals surface area contributed by atoms with Gasteiger partial charge in [-0.2, -0.15) is 0 Å². The quantitative estimate of drug-likeness (QED) is 0.888. The van der Waals surface area contributed by atoms with Gasteiger partial charge in [0.15, 0.2) is 0 Å². The molecule has 1 aliphatic heterocycles. The second-order valence-corrected chi connectivity index (χ2v) is 6.08. The van der Waals surface area contributed by atoms with Crippen molar-refractivity contribution in [1.82, 2.24) is 9.88 Å². The minimum absolute atomic E-state index is 0.364. The first kappa shape index (κ1) is 12.7. The van der Waals surface area contributed by atoms with Crippen LogP contribution >= 0.6 is 0 Å². The molecule has 3 rings (SSSR count). The second kappa shape index (κ2) is 4.99. The van der Waals surface area contributed by atoms with E-state index in [0.29, 0.717) is 12.0 Å². The molecule has 19 heavy (non-hydrogen) atoms. The Morgan fingerprint density at radius 3 is 2.89 bits per heavy atom. The summed E-state index contributed by atoms with van der Waals surface area (Å²) < 4.78 is 0. The van der Waals surface area contributed by atoms with Crippen LogP contribution in [0.4, 0.5) is 0 Å². The van der Waals surface area contributed by atoms with Crippen molar-refractivity contribution in [2.45, 2.75) is 38.8 Å². The van der Waals surface area contributed by atoms with Crippen molar-refractivity contribution in [3.05, 3.63) is 35.5 Å². The lowest BCUT2D eigenvalue weighted by atomic mass is 10.1. The van der Waals surface area contributed by atoms with Gasteiger partial charge < -0.3 is 10.7 Å². The number of fused-ring (bicyclic) bond motifs is 1. The lowest BCUT2D eigenvalue weighted by molar-refractivity contribution is 0.327. The third-order valence-electron chi connectivity index (χ3n) is 4.04. The van der Waals surface area contributed by atoms with Gasteiger partial charge in [0.1, 0.15) is 0 Å². The highest BCUT2D eigenvalue weighted by Crippen LogP contribution is 2.23. The van der Waals surface area contributed by atoms with Crippen LogP contribution in [-0.4, -0.2) is 29.0 Å². The number of hydrogen-bond donors (Lipinski definition) is 2. The Balaban J connectivity index is 1.81. The van der Waals surface area contributed by atoms with E-state index in [1.165, 1.54) is 22.2 Å². The average Bonchev–Trinajstić information content (AvgIpc) is 2.95. The Morgan fingerprint density at radius 1 is 1.37 bits per heavy atom. The zero-order valence-corrected chi connectivity index (χ0v) is 11.8. The van der Waals surface area contributed by atoms with Gasteiger partial charge in [-0.3, -0.25) is 4.90 Å². The van der Waals surface area contributed by atoms with Crippen molar-refractivity contribution >= 4 is 10.9 Å². The lowest BCUT2D eigenvalue weighted by Crippen LogP contribution is -2.26. The lowest BCUT2D eigenvalue weighted by Gasteiger charge is -2.15. The van der Waals surface area contributed by atoms with Crippen molar-refractivity contribution in [3.63, 3.8) is 0 Å². The summed E-state index contributed by atoms with van der Waals surface area (Å²) in [5, 5.41) is 1.32. The highest BCUT2D eigenvalue weighted by Gasteiger charge is 2.18. The van der Waals surface area contributed by atoms with E-state index in [-0.39, 0.29) is 0 Å². The van der Waals surface area contributed by atoms with Gasteiger partial charge >= 0.3 is 0 Å².